The lowest BCUT2D eigenvalue weighted by Gasteiger charge is -2.13. The summed E-state index contributed by atoms with van der Waals surface area (Å²) in [6, 6.07) is 2.86. The summed E-state index contributed by atoms with van der Waals surface area (Å²) >= 11 is 0. The number of benzene rings is 1. The highest BCUT2D eigenvalue weighted by atomic mass is 19.2. The highest BCUT2D eigenvalue weighted by Crippen LogP contribution is 2.18. The van der Waals surface area contributed by atoms with Gasteiger partial charge in [-0.25, -0.2) is 23.5 Å². The SMILES string of the molecule is CO/C(NC(=O)NCCNc1ncnc(-c2ccc(F)c(F)c2)n1)=C(/C)C(C)=N. The van der Waals surface area contributed by atoms with Crippen molar-refractivity contribution < 1.29 is 18.3 Å². The third kappa shape index (κ3) is 6.19. The zero-order chi connectivity index (χ0) is 21.4. The highest BCUT2D eigenvalue weighted by Gasteiger charge is 2.10. The van der Waals surface area contributed by atoms with Gasteiger partial charge < -0.3 is 20.8 Å². The number of methoxy groups -OCH3 is 1. The largest absolute Gasteiger partial charge is 0.482 e. The van der Waals surface area contributed by atoms with Crippen molar-refractivity contribution in [3.63, 3.8) is 0 Å². The van der Waals surface area contributed by atoms with Crippen LogP contribution in [0.3, 0.4) is 0 Å². The van der Waals surface area contributed by atoms with E-state index in [0.717, 1.165) is 12.1 Å². The van der Waals surface area contributed by atoms with Gasteiger partial charge in [-0.05, 0) is 32.0 Å². The van der Waals surface area contributed by atoms with Crippen molar-refractivity contribution in [2.75, 3.05) is 25.5 Å². The van der Waals surface area contributed by atoms with Crippen LogP contribution in [-0.2, 0) is 4.74 Å². The molecule has 0 aliphatic rings. The summed E-state index contributed by atoms with van der Waals surface area (Å²) < 4.78 is 31.5. The van der Waals surface area contributed by atoms with Crippen molar-refractivity contribution in [3.05, 3.63) is 47.6 Å². The zero-order valence-electron chi connectivity index (χ0n) is 16.1. The van der Waals surface area contributed by atoms with E-state index in [4.69, 9.17) is 10.1 Å². The Labute approximate surface area is 166 Å². The minimum Gasteiger partial charge on any atom is -0.482 e. The minimum atomic E-state index is -0.995. The second-order valence-electron chi connectivity index (χ2n) is 5.85. The summed E-state index contributed by atoms with van der Waals surface area (Å²) in [5.74, 6) is -1.36. The number of ether oxygens (including phenoxy) is 1. The Kier molecular flexibility index (Phi) is 7.52. The Hall–Kier alpha value is -3.63. The first-order valence-electron chi connectivity index (χ1n) is 8.55. The molecule has 0 aliphatic heterocycles. The van der Waals surface area contributed by atoms with Gasteiger partial charge in [0.25, 0.3) is 0 Å². The lowest BCUT2D eigenvalue weighted by Crippen LogP contribution is -2.38. The number of nitrogens with one attached hydrogen (secondary N) is 4. The Morgan fingerprint density at radius 1 is 1.17 bits per heavy atom. The van der Waals surface area contributed by atoms with Crippen molar-refractivity contribution in [3.8, 4) is 11.4 Å². The van der Waals surface area contributed by atoms with E-state index in [0.29, 0.717) is 17.7 Å². The monoisotopic (exact) mass is 405 g/mol. The quantitative estimate of drug-likeness (QED) is 0.304. The van der Waals surface area contributed by atoms with Crippen LogP contribution in [0.15, 0.2) is 36.0 Å². The first-order valence-corrected chi connectivity index (χ1v) is 8.55. The number of anilines is 1. The molecule has 29 heavy (non-hydrogen) atoms. The fourth-order valence-electron chi connectivity index (χ4n) is 2.12. The fourth-order valence-corrected chi connectivity index (χ4v) is 2.12. The zero-order valence-corrected chi connectivity index (χ0v) is 16.1. The fraction of sp³-hybridized carbons (Fsp3) is 0.278. The average molecular weight is 405 g/mol. The van der Waals surface area contributed by atoms with Crippen molar-refractivity contribution in [2.24, 2.45) is 0 Å². The molecule has 1 heterocycles. The predicted octanol–water partition coefficient (Wildman–Crippen LogP) is 2.45. The van der Waals surface area contributed by atoms with Crippen LogP contribution in [0, 0.1) is 17.0 Å². The third-order valence-corrected chi connectivity index (χ3v) is 3.78. The molecule has 0 aliphatic carbocycles. The van der Waals surface area contributed by atoms with Gasteiger partial charge >= 0.3 is 6.03 Å². The first kappa shape index (κ1) is 21.7. The van der Waals surface area contributed by atoms with Crippen LogP contribution in [0.5, 0.6) is 0 Å². The molecule has 0 fully saturated rings. The maximum absolute atomic E-state index is 13.4. The Morgan fingerprint density at radius 2 is 1.93 bits per heavy atom. The van der Waals surface area contributed by atoms with E-state index < -0.39 is 17.7 Å². The van der Waals surface area contributed by atoms with Crippen LogP contribution < -0.4 is 16.0 Å². The van der Waals surface area contributed by atoms with Gasteiger partial charge in [-0.15, -0.1) is 0 Å². The number of nitrogens with zero attached hydrogens (tertiary/aromatic N) is 3. The molecule has 0 saturated carbocycles. The molecule has 0 unspecified atom stereocenters. The Balaban J connectivity index is 1.88. The molecule has 0 bridgehead atoms. The van der Waals surface area contributed by atoms with Crippen molar-refractivity contribution >= 4 is 17.7 Å². The van der Waals surface area contributed by atoms with E-state index in [9.17, 15) is 13.6 Å². The molecule has 11 heteroatoms. The molecule has 0 spiro atoms. The van der Waals surface area contributed by atoms with E-state index in [-0.39, 0.29) is 29.9 Å². The molecule has 0 radical (unpaired) electrons. The molecule has 1 aromatic heterocycles. The molecule has 1 aromatic carbocycles. The van der Waals surface area contributed by atoms with Gasteiger partial charge in [-0.1, -0.05) is 0 Å². The number of rotatable bonds is 8. The van der Waals surface area contributed by atoms with Crippen LogP contribution in [0.4, 0.5) is 19.5 Å². The molecule has 4 N–H and O–H groups in total. The van der Waals surface area contributed by atoms with E-state index >= 15 is 0 Å². The normalized spacial score (nSPS) is 11.3. The van der Waals surface area contributed by atoms with E-state index in [2.05, 4.69) is 30.9 Å². The van der Waals surface area contributed by atoms with Crippen LogP contribution in [0.1, 0.15) is 13.8 Å². The lowest BCUT2D eigenvalue weighted by atomic mass is 10.2. The Morgan fingerprint density at radius 3 is 2.59 bits per heavy atom. The van der Waals surface area contributed by atoms with Gasteiger partial charge in [0.1, 0.15) is 6.33 Å². The predicted molar refractivity (Wildman–Crippen MR) is 103 cm³/mol. The van der Waals surface area contributed by atoms with Gasteiger partial charge in [0, 0.05) is 29.9 Å². The number of urea groups is 1. The second kappa shape index (κ2) is 10.1. The summed E-state index contributed by atoms with van der Waals surface area (Å²) in [5.41, 5.74) is 1.09. The van der Waals surface area contributed by atoms with Gasteiger partial charge in [0.15, 0.2) is 23.3 Å². The summed E-state index contributed by atoms with van der Waals surface area (Å²) in [6.45, 7) is 3.77. The van der Waals surface area contributed by atoms with Crippen LogP contribution in [0.2, 0.25) is 0 Å². The smallest absolute Gasteiger partial charge is 0.321 e. The number of amides is 2. The summed E-state index contributed by atoms with van der Waals surface area (Å²) in [7, 11) is 1.40. The van der Waals surface area contributed by atoms with E-state index in [1.807, 2.05) is 0 Å². The lowest BCUT2D eigenvalue weighted by molar-refractivity contribution is 0.223. The number of hydrogen-bond acceptors (Lipinski definition) is 7. The second-order valence-corrected chi connectivity index (χ2v) is 5.85. The number of allylic oxidation sites excluding steroid dienone is 1. The number of hydrogen-bond donors (Lipinski definition) is 4. The molecule has 2 amide bonds. The van der Waals surface area contributed by atoms with Crippen LogP contribution >= 0.6 is 0 Å². The van der Waals surface area contributed by atoms with Gasteiger partial charge in [-0.3, -0.25) is 5.32 Å². The number of halogens is 2. The molecule has 154 valence electrons. The molecule has 2 aromatic rings. The van der Waals surface area contributed by atoms with Gasteiger partial charge in [0.2, 0.25) is 5.95 Å². The minimum absolute atomic E-state index is 0.180. The average Bonchev–Trinajstić information content (AvgIpc) is 2.71. The maximum atomic E-state index is 13.4. The maximum Gasteiger partial charge on any atom is 0.321 e. The number of aromatic nitrogens is 3. The highest BCUT2D eigenvalue weighted by molar-refractivity contribution is 5.96. The summed E-state index contributed by atoms with van der Waals surface area (Å²) in [6.07, 6.45) is 1.24. The molecule has 0 saturated heterocycles. The van der Waals surface area contributed by atoms with Gasteiger partial charge in [0.05, 0.1) is 7.11 Å². The summed E-state index contributed by atoms with van der Waals surface area (Å²) in [4.78, 5) is 23.9. The van der Waals surface area contributed by atoms with E-state index in [1.165, 1.54) is 19.5 Å². The molecular formula is C18H21F2N7O2. The van der Waals surface area contributed by atoms with Crippen molar-refractivity contribution in [1.29, 1.82) is 5.41 Å². The van der Waals surface area contributed by atoms with Gasteiger partial charge in [-0.2, -0.15) is 4.98 Å². The number of carbonyl (C=O) groups is 1. The van der Waals surface area contributed by atoms with Crippen molar-refractivity contribution in [2.45, 2.75) is 13.8 Å². The molecule has 9 nitrogen and oxygen atoms in total. The topological polar surface area (TPSA) is 125 Å². The molecule has 0 atom stereocenters. The van der Waals surface area contributed by atoms with E-state index in [1.54, 1.807) is 13.8 Å². The molecular weight excluding hydrogens is 384 g/mol. The summed E-state index contributed by atoms with van der Waals surface area (Å²) in [5, 5.41) is 15.6. The molecule has 2 rings (SSSR count). The standard InChI is InChI=1S/C18H21F2N7O2/c1-10(11(2)21)16(29-3)27-18(28)23-7-6-22-17-25-9-24-15(26-17)12-4-5-13(19)14(20)8-12/h4-5,8-9,21H,6-7H2,1-3H3,(H2,23,27,28)(H,22,24,25,26)/b16-10-,21-11?. The third-order valence-electron chi connectivity index (χ3n) is 3.78. The Bertz CT molecular complexity index is 934. The van der Waals surface area contributed by atoms with Crippen LogP contribution in [-0.4, -0.2) is 46.9 Å². The van der Waals surface area contributed by atoms with Crippen molar-refractivity contribution in [1.82, 2.24) is 25.6 Å². The first-order chi connectivity index (χ1) is 13.8. The van der Waals surface area contributed by atoms with Crippen LogP contribution in [0.25, 0.3) is 11.4 Å². The number of carbonyl (C=O) groups excluding carboxylic acids is 1.